The van der Waals surface area contributed by atoms with Crippen LogP contribution in [0.1, 0.15) is 38.2 Å². The predicted octanol–water partition coefficient (Wildman–Crippen LogP) is 3.58. The topological polar surface area (TPSA) is 46.5 Å². The van der Waals surface area contributed by atoms with Gasteiger partial charge in [0.2, 0.25) is 5.82 Å². The molecule has 110 valence electrons. The van der Waals surface area contributed by atoms with E-state index in [-0.39, 0.29) is 17.1 Å². The molecule has 2 atom stereocenters. The first-order valence-corrected chi connectivity index (χ1v) is 6.51. The molecule has 0 amide bonds. The number of benzene rings is 1. The van der Waals surface area contributed by atoms with Crippen molar-refractivity contribution in [1.82, 2.24) is 0 Å². The molecule has 2 rings (SSSR count). The van der Waals surface area contributed by atoms with Gasteiger partial charge in [0.25, 0.3) is 0 Å². The number of carbonyl (C=O) groups is 1. The maximum atomic E-state index is 13.8. The van der Waals surface area contributed by atoms with Crippen LogP contribution in [0.25, 0.3) is 0 Å². The summed E-state index contributed by atoms with van der Waals surface area (Å²) in [6, 6.07) is 2.46. The van der Waals surface area contributed by atoms with Crippen LogP contribution in [0.2, 0.25) is 0 Å². The van der Waals surface area contributed by atoms with Gasteiger partial charge in [-0.25, -0.2) is 4.39 Å². The molecule has 0 bridgehead atoms. The van der Waals surface area contributed by atoms with Crippen molar-refractivity contribution in [1.29, 1.82) is 0 Å². The molecule has 0 aromatic heterocycles. The first-order chi connectivity index (χ1) is 9.26. The van der Waals surface area contributed by atoms with E-state index in [9.17, 15) is 18.7 Å². The lowest BCUT2D eigenvalue weighted by atomic mass is 9.87. The Labute approximate surface area is 116 Å². The van der Waals surface area contributed by atoms with Crippen molar-refractivity contribution in [3.05, 3.63) is 29.3 Å². The van der Waals surface area contributed by atoms with Gasteiger partial charge in [0.15, 0.2) is 11.6 Å². The molecule has 1 aromatic rings. The van der Waals surface area contributed by atoms with E-state index in [1.807, 2.05) is 13.8 Å². The minimum Gasteiger partial charge on any atom is -0.493 e. The molecular weight excluding hydrogens is 266 g/mol. The van der Waals surface area contributed by atoms with Gasteiger partial charge in [-0.3, -0.25) is 4.79 Å². The number of halogens is 2. The van der Waals surface area contributed by atoms with Gasteiger partial charge in [-0.2, -0.15) is 4.39 Å². The van der Waals surface area contributed by atoms with Crippen LogP contribution in [0.5, 0.6) is 5.75 Å². The van der Waals surface area contributed by atoms with Crippen LogP contribution < -0.4 is 4.74 Å². The van der Waals surface area contributed by atoms with Crippen molar-refractivity contribution in [3.63, 3.8) is 0 Å². The van der Waals surface area contributed by atoms with E-state index in [1.165, 1.54) is 13.2 Å². The van der Waals surface area contributed by atoms with Gasteiger partial charge in [-0.05, 0) is 24.3 Å². The van der Waals surface area contributed by atoms with Crippen molar-refractivity contribution in [3.8, 4) is 5.75 Å². The summed E-state index contributed by atoms with van der Waals surface area (Å²) in [5.41, 5.74) is 0.285. The summed E-state index contributed by atoms with van der Waals surface area (Å²) in [7, 11) is 1.26. The minimum atomic E-state index is -1.06. The number of aliphatic carboxylic acids is 1. The number of hydrogen-bond acceptors (Lipinski definition) is 2. The molecule has 1 aliphatic rings. The summed E-state index contributed by atoms with van der Waals surface area (Å²) in [5.74, 6) is -4.11. The number of carboxylic acid groups (broad SMARTS) is 1. The zero-order valence-corrected chi connectivity index (χ0v) is 11.7. The number of rotatable bonds is 3. The Balaban J connectivity index is 2.50. The Morgan fingerprint density at radius 1 is 1.35 bits per heavy atom. The largest absolute Gasteiger partial charge is 0.493 e. The van der Waals surface area contributed by atoms with Crippen molar-refractivity contribution in [2.75, 3.05) is 7.11 Å². The van der Waals surface area contributed by atoms with E-state index < -0.39 is 23.5 Å². The van der Waals surface area contributed by atoms with E-state index in [4.69, 9.17) is 4.74 Å². The lowest BCUT2D eigenvalue weighted by Crippen LogP contribution is -2.18. The number of hydrogen-bond donors (Lipinski definition) is 1. The predicted molar refractivity (Wildman–Crippen MR) is 69.8 cm³/mol. The van der Waals surface area contributed by atoms with Crippen LogP contribution >= 0.6 is 0 Å². The maximum absolute atomic E-state index is 13.8. The van der Waals surface area contributed by atoms with Gasteiger partial charge in [-0.1, -0.05) is 19.9 Å². The maximum Gasteiger partial charge on any atom is 0.307 e. The normalized spacial score (nSPS) is 24.6. The third-order valence-corrected chi connectivity index (χ3v) is 4.03. The molecule has 20 heavy (non-hydrogen) atoms. The standard InChI is InChI=1S/C15H18F2O3/c1-15(2)6-9(10(7-15)14(18)19)8-4-5-11(16)12(17)13(8)20-3/h4-5,9-10H,6-7H2,1-3H3,(H,18,19). The van der Waals surface area contributed by atoms with Crippen LogP contribution in [0.3, 0.4) is 0 Å². The zero-order valence-electron chi connectivity index (χ0n) is 11.7. The molecule has 0 aliphatic heterocycles. The second-order valence-corrected chi connectivity index (χ2v) is 6.11. The highest BCUT2D eigenvalue weighted by atomic mass is 19.2. The van der Waals surface area contributed by atoms with Crippen LogP contribution in [-0.2, 0) is 4.79 Å². The lowest BCUT2D eigenvalue weighted by molar-refractivity contribution is -0.142. The first-order valence-electron chi connectivity index (χ1n) is 6.51. The average Bonchev–Trinajstić information content (AvgIpc) is 2.68. The fourth-order valence-corrected chi connectivity index (χ4v) is 3.19. The Morgan fingerprint density at radius 3 is 2.55 bits per heavy atom. The highest BCUT2D eigenvalue weighted by molar-refractivity contribution is 5.72. The van der Waals surface area contributed by atoms with E-state index >= 15 is 0 Å². The number of methoxy groups -OCH3 is 1. The molecule has 1 aliphatic carbocycles. The fourth-order valence-electron chi connectivity index (χ4n) is 3.19. The van der Waals surface area contributed by atoms with Crippen molar-refractivity contribution in [2.45, 2.75) is 32.6 Å². The Kier molecular flexibility index (Phi) is 3.71. The van der Waals surface area contributed by atoms with Crippen molar-refractivity contribution < 1.29 is 23.4 Å². The first kappa shape index (κ1) is 14.8. The molecule has 0 radical (unpaired) electrons. The molecular formula is C15H18F2O3. The monoisotopic (exact) mass is 284 g/mol. The third-order valence-electron chi connectivity index (χ3n) is 4.03. The van der Waals surface area contributed by atoms with Gasteiger partial charge in [0.1, 0.15) is 0 Å². The molecule has 1 aromatic carbocycles. The number of ether oxygens (including phenoxy) is 1. The molecule has 0 saturated heterocycles. The molecule has 1 fully saturated rings. The fraction of sp³-hybridized carbons (Fsp3) is 0.533. The quantitative estimate of drug-likeness (QED) is 0.922. The summed E-state index contributed by atoms with van der Waals surface area (Å²) < 4.78 is 32.0. The summed E-state index contributed by atoms with van der Waals surface area (Å²) in [6.07, 6.45) is 1.11. The smallest absolute Gasteiger partial charge is 0.307 e. The van der Waals surface area contributed by atoms with Gasteiger partial charge in [-0.15, -0.1) is 0 Å². The lowest BCUT2D eigenvalue weighted by Gasteiger charge is -2.20. The summed E-state index contributed by atoms with van der Waals surface area (Å²) in [5, 5.41) is 9.36. The number of carboxylic acids is 1. The van der Waals surface area contributed by atoms with Crippen LogP contribution in [-0.4, -0.2) is 18.2 Å². The van der Waals surface area contributed by atoms with Crippen molar-refractivity contribution in [2.24, 2.45) is 11.3 Å². The van der Waals surface area contributed by atoms with E-state index in [2.05, 4.69) is 0 Å². The van der Waals surface area contributed by atoms with E-state index in [0.717, 1.165) is 6.07 Å². The van der Waals surface area contributed by atoms with Gasteiger partial charge in [0, 0.05) is 11.5 Å². The van der Waals surface area contributed by atoms with Gasteiger partial charge in [0.05, 0.1) is 13.0 Å². The van der Waals surface area contributed by atoms with Crippen LogP contribution in [0.4, 0.5) is 8.78 Å². The Bertz CT molecular complexity index is 540. The highest BCUT2D eigenvalue weighted by Crippen LogP contribution is 2.52. The molecule has 0 heterocycles. The van der Waals surface area contributed by atoms with Crippen LogP contribution in [0, 0.1) is 23.0 Å². The summed E-state index contributed by atoms with van der Waals surface area (Å²) in [4.78, 5) is 11.4. The second-order valence-electron chi connectivity index (χ2n) is 6.11. The molecule has 2 unspecified atom stereocenters. The summed E-state index contributed by atoms with van der Waals surface area (Å²) in [6.45, 7) is 3.96. The third kappa shape index (κ3) is 2.49. The molecule has 0 spiro atoms. The zero-order chi connectivity index (χ0) is 15.1. The van der Waals surface area contributed by atoms with Gasteiger partial charge >= 0.3 is 5.97 Å². The molecule has 5 heteroatoms. The highest BCUT2D eigenvalue weighted by Gasteiger charge is 2.45. The Morgan fingerprint density at radius 2 is 2.00 bits per heavy atom. The molecule has 3 nitrogen and oxygen atoms in total. The Hall–Kier alpha value is -1.65. The van der Waals surface area contributed by atoms with E-state index in [0.29, 0.717) is 18.4 Å². The van der Waals surface area contributed by atoms with Crippen LogP contribution in [0.15, 0.2) is 12.1 Å². The average molecular weight is 284 g/mol. The van der Waals surface area contributed by atoms with Gasteiger partial charge < -0.3 is 9.84 Å². The molecule has 1 N–H and O–H groups in total. The van der Waals surface area contributed by atoms with E-state index in [1.54, 1.807) is 0 Å². The summed E-state index contributed by atoms with van der Waals surface area (Å²) >= 11 is 0. The molecule has 1 saturated carbocycles. The minimum absolute atomic E-state index is 0.149. The SMILES string of the molecule is COc1c(C2CC(C)(C)CC2C(=O)O)ccc(F)c1F. The second kappa shape index (κ2) is 5.04. The van der Waals surface area contributed by atoms with Crippen molar-refractivity contribution >= 4 is 5.97 Å².